The van der Waals surface area contributed by atoms with Crippen LogP contribution in [-0.2, 0) is 9.59 Å². The lowest BCUT2D eigenvalue weighted by atomic mass is 9.97. The second-order valence-corrected chi connectivity index (χ2v) is 5.28. The molecule has 1 fully saturated rings. The van der Waals surface area contributed by atoms with Gasteiger partial charge in [0.05, 0.1) is 12.0 Å². The van der Waals surface area contributed by atoms with Crippen molar-refractivity contribution >= 4 is 11.8 Å². The maximum atomic E-state index is 13.5. The van der Waals surface area contributed by atoms with E-state index in [1.54, 1.807) is 13.0 Å². The van der Waals surface area contributed by atoms with Gasteiger partial charge in [0.25, 0.3) is 0 Å². The van der Waals surface area contributed by atoms with Crippen LogP contribution in [0.5, 0.6) is 0 Å². The SMILES string of the molecule is Cc1ccc(C(C)NC(=O)C2CCC(=O)NC2)cc1F. The number of rotatable bonds is 3. The Labute approximate surface area is 117 Å². The fourth-order valence-corrected chi connectivity index (χ4v) is 2.25. The van der Waals surface area contributed by atoms with Crippen molar-refractivity contribution in [2.45, 2.75) is 32.7 Å². The van der Waals surface area contributed by atoms with E-state index < -0.39 is 0 Å². The molecule has 0 radical (unpaired) electrons. The molecule has 0 spiro atoms. The van der Waals surface area contributed by atoms with Gasteiger partial charge in [-0.25, -0.2) is 4.39 Å². The Morgan fingerprint density at radius 3 is 2.85 bits per heavy atom. The first-order valence-electron chi connectivity index (χ1n) is 6.80. The number of carbonyl (C=O) groups excluding carboxylic acids is 2. The molecule has 0 aromatic heterocycles. The molecule has 0 bridgehead atoms. The second-order valence-electron chi connectivity index (χ2n) is 5.28. The third-order valence-corrected chi connectivity index (χ3v) is 3.69. The summed E-state index contributed by atoms with van der Waals surface area (Å²) in [5.41, 5.74) is 1.32. The van der Waals surface area contributed by atoms with Gasteiger partial charge in [-0.3, -0.25) is 9.59 Å². The van der Waals surface area contributed by atoms with E-state index in [1.807, 2.05) is 13.0 Å². The topological polar surface area (TPSA) is 58.2 Å². The monoisotopic (exact) mass is 278 g/mol. The Balaban J connectivity index is 1.96. The minimum Gasteiger partial charge on any atom is -0.355 e. The quantitative estimate of drug-likeness (QED) is 0.886. The number of hydrogen-bond acceptors (Lipinski definition) is 2. The molecule has 2 rings (SSSR count). The Bertz CT molecular complexity index is 521. The van der Waals surface area contributed by atoms with Crippen molar-refractivity contribution in [3.63, 3.8) is 0 Å². The van der Waals surface area contributed by atoms with E-state index in [2.05, 4.69) is 10.6 Å². The van der Waals surface area contributed by atoms with Crippen molar-refractivity contribution in [3.05, 3.63) is 35.1 Å². The minimum atomic E-state index is -0.270. The van der Waals surface area contributed by atoms with Crippen molar-refractivity contribution in [2.24, 2.45) is 5.92 Å². The van der Waals surface area contributed by atoms with Gasteiger partial charge in [0, 0.05) is 13.0 Å². The van der Waals surface area contributed by atoms with E-state index in [4.69, 9.17) is 0 Å². The predicted octanol–water partition coefficient (Wildman–Crippen LogP) is 1.84. The lowest BCUT2D eigenvalue weighted by Crippen LogP contribution is -2.43. The fraction of sp³-hybridized carbons (Fsp3) is 0.467. The van der Waals surface area contributed by atoms with E-state index in [0.29, 0.717) is 24.9 Å². The fourth-order valence-electron chi connectivity index (χ4n) is 2.25. The zero-order valence-electron chi connectivity index (χ0n) is 11.7. The van der Waals surface area contributed by atoms with Crippen LogP contribution in [-0.4, -0.2) is 18.4 Å². The summed E-state index contributed by atoms with van der Waals surface area (Å²) in [6.45, 7) is 3.90. The van der Waals surface area contributed by atoms with Gasteiger partial charge < -0.3 is 10.6 Å². The number of benzene rings is 1. The average molecular weight is 278 g/mol. The highest BCUT2D eigenvalue weighted by atomic mass is 19.1. The molecule has 1 aliphatic heterocycles. The lowest BCUT2D eigenvalue weighted by Gasteiger charge is -2.24. The predicted molar refractivity (Wildman–Crippen MR) is 73.4 cm³/mol. The number of amides is 2. The van der Waals surface area contributed by atoms with Crippen LogP contribution in [0.3, 0.4) is 0 Å². The highest BCUT2D eigenvalue weighted by Gasteiger charge is 2.25. The van der Waals surface area contributed by atoms with Crippen LogP contribution in [0.4, 0.5) is 4.39 Å². The average Bonchev–Trinajstić information content (AvgIpc) is 2.42. The van der Waals surface area contributed by atoms with Crippen molar-refractivity contribution in [3.8, 4) is 0 Å². The van der Waals surface area contributed by atoms with Crippen LogP contribution in [0.15, 0.2) is 18.2 Å². The van der Waals surface area contributed by atoms with Gasteiger partial charge in [0.15, 0.2) is 0 Å². The highest BCUT2D eigenvalue weighted by Crippen LogP contribution is 2.18. The second kappa shape index (κ2) is 6.03. The maximum absolute atomic E-state index is 13.5. The molecule has 20 heavy (non-hydrogen) atoms. The van der Waals surface area contributed by atoms with Crippen molar-refractivity contribution in [1.29, 1.82) is 0 Å². The van der Waals surface area contributed by atoms with E-state index in [0.717, 1.165) is 5.56 Å². The molecule has 1 heterocycles. The Kier molecular flexibility index (Phi) is 4.37. The molecule has 5 heteroatoms. The first kappa shape index (κ1) is 14.5. The molecule has 108 valence electrons. The first-order chi connectivity index (χ1) is 9.47. The molecule has 1 aliphatic rings. The number of nitrogens with one attached hydrogen (secondary N) is 2. The minimum absolute atomic E-state index is 0.0114. The van der Waals surface area contributed by atoms with Crippen molar-refractivity contribution in [2.75, 3.05) is 6.54 Å². The van der Waals surface area contributed by atoms with E-state index in [-0.39, 0.29) is 29.6 Å². The summed E-state index contributed by atoms with van der Waals surface area (Å²) in [4.78, 5) is 23.1. The van der Waals surface area contributed by atoms with Crippen LogP contribution in [0.2, 0.25) is 0 Å². The number of aryl methyl sites for hydroxylation is 1. The van der Waals surface area contributed by atoms with Gasteiger partial charge in [-0.1, -0.05) is 12.1 Å². The van der Waals surface area contributed by atoms with Gasteiger partial charge >= 0.3 is 0 Å². The van der Waals surface area contributed by atoms with Crippen LogP contribution in [0.1, 0.15) is 36.9 Å². The number of carbonyl (C=O) groups is 2. The van der Waals surface area contributed by atoms with E-state index in [1.165, 1.54) is 6.07 Å². The van der Waals surface area contributed by atoms with Gasteiger partial charge in [-0.2, -0.15) is 0 Å². The van der Waals surface area contributed by atoms with Crippen molar-refractivity contribution in [1.82, 2.24) is 10.6 Å². The molecule has 2 N–H and O–H groups in total. The third kappa shape index (κ3) is 3.35. The summed E-state index contributed by atoms with van der Waals surface area (Å²) in [5.74, 6) is -0.583. The van der Waals surface area contributed by atoms with E-state index >= 15 is 0 Å². The molecule has 1 saturated heterocycles. The van der Waals surface area contributed by atoms with Gasteiger partial charge in [-0.15, -0.1) is 0 Å². The van der Waals surface area contributed by atoms with Crippen molar-refractivity contribution < 1.29 is 14.0 Å². The molecule has 0 aliphatic carbocycles. The molecule has 1 aromatic rings. The third-order valence-electron chi connectivity index (χ3n) is 3.69. The van der Waals surface area contributed by atoms with Crippen LogP contribution >= 0.6 is 0 Å². The Morgan fingerprint density at radius 2 is 2.25 bits per heavy atom. The number of hydrogen-bond donors (Lipinski definition) is 2. The van der Waals surface area contributed by atoms with Crippen LogP contribution in [0.25, 0.3) is 0 Å². The molecular formula is C15H19FN2O2. The van der Waals surface area contributed by atoms with E-state index in [9.17, 15) is 14.0 Å². The molecule has 1 aromatic carbocycles. The molecule has 4 nitrogen and oxygen atoms in total. The Morgan fingerprint density at radius 1 is 1.50 bits per heavy atom. The summed E-state index contributed by atoms with van der Waals surface area (Å²) in [5, 5.41) is 5.55. The first-order valence-corrected chi connectivity index (χ1v) is 6.80. The molecule has 2 atom stereocenters. The summed E-state index contributed by atoms with van der Waals surface area (Å²) in [6.07, 6.45) is 0.943. The van der Waals surface area contributed by atoms with Gasteiger partial charge in [0.2, 0.25) is 11.8 Å². The summed E-state index contributed by atoms with van der Waals surface area (Å²) < 4.78 is 13.5. The van der Waals surface area contributed by atoms with Gasteiger partial charge in [-0.05, 0) is 37.5 Å². The molecular weight excluding hydrogens is 259 g/mol. The normalized spacial score (nSPS) is 20.1. The van der Waals surface area contributed by atoms with Crippen LogP contribution < -0.4 is 10.6 Å². The maximum Gasteiger partial charge on any atom is 0.225 e. The summed E-state index contributed by atoms with van der Waals surface area (Å²) in [6, 6.07) is 4.71. The Hall–Kier alpha value is -1.91. The van der Waals surface area contributed by atoms with Gasteiger partial charge in [0.1, 0.15) is 5.82 Å². The zero-order chi connectivity index (χ0) is 14.7. The standard InChI is InChI=1S/C15H19FN2O2/c1-9-3-4-11(7-13(9)16)10(2)18-15(20)12-5-6-14(19)17-8-12/h3-4,7,10,12H,5-6,8H2,1-2H3,(H,17,19)(H,18,20). The molecule has 2 unspecified atom stereocenters. The lowest BCUT2D eigenvalue weighted by molar-refractivity contribution is -0.129. The highest BCUT2D eigenvalue weighted by molar-refractivity contribution is 5.83. The smallest absolute Gasteiger partial charge is 0.225 e. The summed E-state index contributed by atoms with van der Waals surface area (Å²) >= 11 is 0. The largest absolute Gasteiger partial charge is 0.355 e. The molecule has 2 amide bonds. The zero-order valence-corrected chi connectivity index (χ0v) is 11.7. The van der Waals surface area contributed by atoms with Crippen LogP contribution in [0, 0.1) is 18.7 Å². The summed E-state index contributed by atoms with van der Waals surface area (Å²) in [7, 11) is 0. The number of piperidine rings is 1. The number of halogens is 1. The molecule has 0 saturated carbocycles.